The Kier molecular flexibility index (Phi) is 3.49. The Hall–Kier alpha value is -1.27. The summed E-state index contributed by atoms with van der Waals surface area (Å²) in [5, 5.41) is 0.589. The van der Waals surface area contributed by atoms with Gasteiger partial charge >= 0.3 is 6.09 Å². The number of halogens is 1. The van der Waals surface area contributed by atoms with Crippen molar-refractivity contribution in [3.8, 4) is 0 Å². The molecule has 0 saturated carbocycles. The van der Waals surface area contributed by atoms with Crippen molar-refractivity contribution in [3.05, 3.63) is 18.5 Å². The topological polar surface area (TPSA) is 57.0 Å². The summed E-state index contributed by atoms with van der Waals surface area (Å²) in [6.07, 6.45) is 2.63. The molecule has 0 bridgehead atoms. The molecule has 2 aromatic rings. The number of aromatic nitrogens is 3. The fraction of sp³-hybridized carbons (Fsp3) is 0.364. The van der Waals surface area contributed by atoms with Gasteiger partial charge in [-0.15, -0.1) is 0 Å². The van der Waals surface area contributed by atoms with E-state index in [1.807, 2.05) is 20.8 Å². The van der Waals surface area contributed by atoms with Crippen LogP contribution in [-0.2, 0) is 4.74 Å². The molecule has 2 rings (SSSR count). The number of nitrogens with zero attached hydrogens (tertiary/aromatic N) is 3. The zero-order valence-electron chi connectivity index (χ0n) is 10.2. The van der Waals surface area contributed by atoms with Crippen LogP contribution in [0.3, 0.4) is 0 Å². The Morgan fingerprint density at radius 2 is 2.22 bits per heavy atom. The van der Waals surface area contributed by atoms with E-state index in [0.29, 0.717) is 16.2 Å². The van der Waals surface area contributed by atoms with Crippen LogP contribution in [-0.4, -0.2) is 26.2 Å². The maximum absolute atomic E-state index is 11.9. The van der Waals surface area contributed by atoms with E-state index in [-0.39, 0.29) is 0 Å². The van der Waals surface area contributed by atoms with Gasteiger partial charge in [0, 0.05) is 17.2 Å². The highest BCUT2D eigenvalue weighted by Gasteiger charge is 2.19. The van der Waals surface area contributed by atoms with Gasteiger partial charge in [0.2, 0.25) is 0 Å². The minimum absolute atomic E-state index is 0.457. The number of hydrogen-bond donors (Lipinski definition) is 0. The molecule has 5 nitrogen and oxygen atoms in total. The molecule has 2 aromatic heterocycles. The maximum atomic E-state index is 11.9. The van der Waals surface area contributed by atoms with E-state index in [9.17, 15) is 4.79 Å². The summed E-state index contributed by atoms with van der Waals surface area (Å²) in [7, 11) is 6.58. The third kappa shape index (κ3) is 2.76. The molecule has 96 valence electrons. The smallest absolute Gasteiger partial charge is 0.420 e. The third-order valence-corrected chi connectivity index (χ3v) is 2.86. The zero-order valence-corrected chi connectivity index (χ0v) is 11.7. The molecule has 0 N–H and O–H groups in total. The quantitative estimate of drug-likeness (QED) is 0.803. The molecule has 0 amide bonds. The predicted molar refractivity (Wildman–Crippen MR) is 70.9 cm³/mol. The second-order valence-electron chi connectivity index (χ2n) is 4.66. The average Bonchev–Trinajstić information content (AvgIpc) is 2.69. The number of ether oxygens (including phenoxy) is 1. The molecule has 7 heteroatoms. The fourth-order valence-electron chi connectivity index (χ4n) is 1.39. The molecule has 0 aliphatic heterocycles. The first-order valence-corrected chi connectivity index (χ1v) is 6.91. The van der Waals surface area contributed by atoms with Gasteiger partial charge in [-0.3, -0.25) is 0 Å². The van der Waals surface area contributed by atoms with Gasteiger partial charge in [0.25, 0.3) is 0 Å². The number of carbonyl (C=O) groups excluding carboxylic acids is 1. The second-order valence-corrected chi connectivity index (χ2v) is 5.70. The number of fused-ring (bicyclic) bond motifs is 1. The zero-order chi connectivity index (χ0) is 13.3. The van der Waals surface area contributed by atoms with Crippen LogP contribution in [0, 0.1) is 0 Å². The third-order valence-electron chi connectivity index (χ3n) is 2.04. The highest BCUT2D eigenvalue weighted by atomic mass is 35.7. The van der Waals surface area contributed by atoms with E-state index in [1.165, 1.54) is 10.8 Å². The van der Waals surface area contributed by atoms with Crippen LogP contribution in [0.15, 0.2) is 23.5 Å². The van der Waals surface area contributed by atoms with Crippen molar-refractivity contribution in [1.82, 2.24) is 14.5 Å². The van der Waals surface area contributed by atoms with E-state index in [0.717, 1.165) is 11.0 Å². The number of hydrogen-bond acceptors (Lipinski definition) is 5. The summed E-state index contributed by atoms with van der Waals surface area (Å²) in [5.41, 5.74) is 0.512. The first kappa shape index (κ1) is 13.2. The van der Waals surface area contributed by atoms with Gasteiger partial charge in [0.1, 0.15) is 16.1 Å². The van der Waals surface area contributed by atoms with E-state index >= 15 is 0 Å². The molecule has 2 heterocycles. The predicted octanol–water partition coefficient (Wildman–Crippen LogP) is 3.46. The standard InChI is InChI=1S/C11H12ClN3O2S/c1-11(2,3)17-10(16)15-5-4-7-9(15)13-6-8(14-7)18-12/h4-6H,1-3H3. The van der Waals surface area contributed by atoms with Gasteiger partial charge in [-0.05, 0) is 37.5 Å². The summed E-state index contributed by atoms with van der Waals surface area (Å²) in [4.78, 5) is 20.3. The van der Waals surface area contributed by atoms with E-state index in [2.05, 4.69) is 9.97 Å². The second kappa shape index (κ2) is 4.78. The Morgan fingerprint density at radius 3 is 2.83 bits per heavy atom. The molecular formula is C11H12ClN3O2S. The molecule has 0 spiro atoms. The summed E-state index contributed by atoms with van der Waals surface area (Å²) in [6.45, 7) is 5.43. The van der Waals surface area contributed by atoms with Gasteiger partial charge in [0.15, 0.2) is 5.65 Å². The lowest BCUT2D eigenvalue weighted by molar-refractivity contribution is 0.0543. The molecule has 0 aliphatic carbocycles. The first-order chi connectivity index (χ1) is 8.40. The van der Waals surface area contributed by atoms with Crippen molar-refractivity contribution in [2.75, 3.05) is 0 Å². The average molecular weight is 286 g/mol. The van der Waals surface area contributed by atoms with Crippen molar-refractivity contribution >= 4 is 38.9 Å². The van der Waals surface area contributed by atoms with Crippen LogP contribution < -0.4 is 0 Å². The van der Waals surface area contributed by atoms with Crippen molar-refractivity contribution in [3.63, 3.8) is 0 Å². The normalized spacial score (nSPS) is 11.8. The molecule has 0 aliphatic rings. The highest BCUT2D eigenvalue weighted by molar-refractivity contribution is 8.21. The van der Waals surface area contributed by atoms with Crippen molar-refractivity contribution < 1.29 is 9.53 Å². The molecule has 0 fully saturated rings. The van der Waals surface area contributed by atoms with Gasteiger partial charge in [-0.2, -0.15) is 0 Å². The van der Waals surface area contributed by atoms with Crippen molar-refractivity contribution in [1.29, 1.82) is 0 Å². The SMILES string of the molecule is CC(C)(C)OC(=O)n1ccc2nc(SCl)cnc21. The van der Waals surface area contributed by atoms with Gasteiger partial charge in [-0.1, -0.05) is 0 Å². The minimum Gasteiger partial charge on any atom is -0.443 e. The molecular weight excluding hydrogens is 274 g/mol. The van der Waals surface area contributed by atoms with Crippen molar-refractivity contribution in [2.45, 2.75) is 31.4 Å². The van der Waals surface area contributed by atoms with Gasteiger partial charge < -0.3 is 4.74 Å². The number of carbonyl (C=O) groups is 1. The van der Waals surface area contributed by atoms with Gasteiger partial charge in [0.05, 0.1) is 6.20 Å². The summed E-state index contributed by atoms with van der Waals surface area (Å²) < 4.78 is 6.60. The molecule has 0 atom stereocenters. The fourth-order valence-corrected chi connectivity index (χ4v) is 1.84. The molecule has 18 heavy (non-hydrogen) atoms. The Balaban J connectivity index is 2.38. The van der Waals surface area contributed by atoms with Crippen LogP contribution in [0.4, 0.5) is 4.79 Å². The summed E-state index contributed by atoms with van der Waals surface area (Å²) >= 11 is 0. The lowest BCUT2D eigenvalue weighted by Gasteiger charge is -2.19. The van der Waals surface area contributed by atoms with Gasteiger partial charge in [-0.25, -0.2) is 19.3 Å². The van der Waals surface area contributed by atoms with Crippen LogP contribution in [0.25, 0.3) is 11.2 Å². The lowest BCUT2D eigenvalue weighted by Crippen LogP contribution is -2.26. The largest absolute Gasteiger partial charge is 0.443 e. The Bertz CT molecular complexity index is 591. The van der Waals surface area contributed by atoms with Crippen LogP contribution >= 0.6 is 21.7 Å². The Labute approximate surface area is 113 Å². The highest BCUT2D eigenvalue weighted by Crippen LogP contribution is 2.22. The van der Waals surface area contributed by atoms with E-state index in [1.54, 1.807) is 12.3 Å². The molecule has 0 radical (unpaired) electrons. The van der Waals surface area contributed by atoms with Crippen LogP contribution in [0.1, 0.15) is 20.8 Å². The summed E-state index contributed by atoms with van der Waals surface area (Å²) in [6, 6.07) is 1.70. The molecule has 0 aromatic carbocycles. The Morgan fingerprint density at radius 1 is 1.50 bits per heavy atom. The lowest BCUT2D eigenvalue weighted by atomic mass is 10.2. The maximum Gasteiger partial charge on any atom is 0.420 e. The number of rotatable bonds is 1. The van der Waals surface area contributed by atoms with Crippen LogP contribution in [0.2, 0.25) is 0 Å². The minimum atomic E-state index is -0.549. The first-order valence-electron chi connectivity index (χ1n) is 5.27. The molecule has 0 saturated heterocycles. The monoisotopic (exact) mass is 285 g/mol. The summed E-state index contributed by atoms with van der Waals surface area (Å²) in [5.74, 6) is 0. The van der Waals surface area contributed by atoms with E-state index in [4.69, 9.17) is 15.4 Å². The van der Waals surface area contributed by atoms with Crippen molar-refractivity contribution in [2.24, 2.45) is 0 Å². The molecule has 0 unspecified atom stereocenters. The van der Waals surface area contributed by atoms with E-state index < -0.39 is 11.7 Å². The van der Waals surface area contributed by atoms with Crippen LogP contribution in [0.5, 0.6) is 0 Å².